The molecule has 0 aromatic heterocycles. The Morgan fingerprint density at radius 1 is 1.16 bits per heavy atom. The number of aliphatic carboxylic acids is 1. The summed E-state index contributed by atoms with van der Waals surface area (Å²) >= 11 is 0. The van der Waals surface area contributed by atoms with Crippen molar-refractivity contribution in [2.24, 2.45) is 5.41 Å². The first-order valence-corrected chi connectivity index (χ1v) is 12.1. The van der Waals surface area contributed by atoms with E-state index in [1.807, 2.05) is 27.7 Å². The number of carboxylic acid groups (broad SMARTS) is 1. The maximum Gasteiger partial charge on any atom is 0.331 e. The lowest BCUT2D eigenvalue weighted by Gasteiger charge is -2.40. The van der Waals surface area contributed by atoms with Crippen LogP contribution in [0.15, 0.2) is 11.6 Å². The van der Waals surface area contributed by atoms with E-state index in [4.69, 9.17) is 5.11 Å². The lowest BCUT2D eigenvalue weighted by Crippen LogP contribution is -2.60. The Morgan fingerprint density at radius 2 is 1.72 bits per heavy atom. The molecule has 7 nitrogen and oxygen atoms in total. The average Bonchev–Trinajstić information content (AvgIpc) is 2.71. The van der Waals surface area contributed by atoms with Crippen molar-refractivity contribution >= 4 is 17.8 Å². The highest BCUT2D eigenvalue weighted by Crippen LogP contribution is 2.24. The number of hydrogen-bond acceptors (Lipinski definition) is 4. The zero-order valence-electron chi connectivity index (χ0n) is 21.8. The maximum atomic E-state index is 13.3. The number of hydrogen-bond donors (Lipinski definition) is 2. The van der Waals surface area contributed by atoms with Gasteiger partial charge in [0, 0.05) is 24.7 Å². The van der Waals surface area contributed by atoms with Crippen molar-refractivity contribution in [3.8, 4) is 0 Å². The Balaban J connectivity index is 0.00000302. The van der Waals surface area contributed by atoms with Crippen molar-refractivity contribution in [2.45, 2.75) is 106 Å². The summed E-state index contributed by atoms with van der Waals surface area (Å²) in [6.07, 6.45) is 5.68. The third kappa shape index (κ3) is 9.72. The molecule has 0 aromatic carbocycles. The first-order chi connectivity index (χ1) is 14.8. The van der Waals surface area contributed by atoms with Crippen molar-refractivity contribution in [3.05, 3.63) is 11.6 Å². The van der Waals surface area contributed by atoms with Crippen LogP contribution in [0.3, 0.4) is 0 Å². The average molecular weight is 454 g/mol. The molecule has 1 saturated heterocycles. The van der Waals surface area contributed by atoms with E-state index in [2.05, 4.69) is 37.9 Å². The van der Waals surface area contributed by atoms with Crippen LogP contribution >= 0.6 is 0 Å². The van der Waals surface area contributed by atoms with Crippen LogP contribution in [0.4, 0.5) is 0 Å². The summed E-state index contributed by atoms with van der Waals surface area (Å²) in [4.78, 5) is 41.2. The number of nitrogens with zero attached hydrogens (tertiary/aromatic N) is 2. The molecule has 0 aromatic rings. The molecule has 1 aliphatic heterocycles. The standard InChI is InChI=1S/C22H39N3O4.C3H8/c1-8-24(14-12-16(4)21(28)29)20(27)18(22(5,6)7)23-19(26)17-11-9-10-13-25(17)15(2)3;1-3-2/h12,15,17-18H,8-11,13-14H2,1-7H3,(H,23,26)(H,28,29);3H2,1-2H3/b16-12+;. The van der Waals surface area contributed by atoms with Gasteiger partial charge in [-0.3, -0.25) is 14.5 Å². The molecule has 0 radical (unpaired) electrons. The minimum atomic E-state index is -1.000. The second kappa shape index (κ2) is 14.3. The molecule has 1 rings (SSSR count). The van der Waals surface area contributed by atoms with Crippen LogP contribution in [0.5, 0.6) is 0 Å². The second-order valence-electron chi connectivity index (χ2n) is 9.93. The summed E-state index contributed by atoms with van der Waals surface area (Å²) in [5.41, 5.74) is -0.273. The van der Waals surface area contributed by atoms with E-state index in [1.54, 1.807) is 4.90 Å². The van der Waals surface area contributed by atoms with E-state index in [0.29, 0.717) is 6.54 Å². The predicted molar refractivity (Wildman–Crippen MR) is 130 cm³/mol. The van der Waals surface area contributed by atoms with Gasteiger partial charge in [-0.1, -0.05) is 53.5 Å². The van der Waals surface area contributed by atoms with Crippen LogP contribution in [-0.2, 0) is 14.4 Å². The van der Waals surface area contributed by atoms with Crippen LogP contribution in [-0.4, -0.2) is 70.4 Å². The molecule has 1 aliphatic rings. The normalized spacial score (nSPS) is 18.4. The van der Waals surface area contributed by atoms with Gasteiger partial charge in [-0.2, -0.15) is 0 Å². The summed E-state index contributed by atoms with van der Waals surface area (Å²) in [6.45, 7) is 19.1. The summed E-state index contributed by atoms with van der Waals surface area (Å²) in [5, 5.41) is 12.1. The fraction of sp³-hybridized carbons (Fsp3) is 0.800. The van der Waals surface area contributed by atoms with Crippen molar-refractivity contribution in [1.82, 2.24) is 15.1 Å². The number of carbonyl (C=O) groups is 3. The van der Waals surface area contributed by atoms with Gasteiger partial charge in [-0.05, 0) is 52.5 Å². The Morgan fingerprint density at radius 3 is 2.16 bits per heavy atom. The van der Waals surface area contributed by atoms with Gasteiger partial charge >= 0.3 is 5.97 Å². The number of likely N-dealkylation sites (N-methyl/N-ethyl adjacent to an activating group) is 1. The zero-order chi connectivity index (χ0) is 25.1. The molecule has 7 heteroatoms. The molecule has 1 fully saturated rings. The van der Waals surface area contributed by atoms with Gasteiger partial charge in [0.2, 0.25) is 11.8 Å². The van der Waals surface area contributed by atoms with Crippen LogP contribution in [0.25, 0.3) is 0 Å². The van der Waals surface area contributed by atoms with Gasteiger partial charge in [0.05, 0.1) is 6.04 Å². The van der Waals surface area contributed by atoms with E-state index in [-0.39, 0.29) is 36.0 Å². The minimum Gasteiger partial charge on any atom is -0.478 e. The van der Waals surface area contributed by atoms with Crippen molar-refractivity contribution in [1.29, 1.82) is 0 Å². The Kier molecular flexibility index (Phi) is 13.5. The molecule has 2 N–H and O–H groups in total. The molecule has 0 bridgehead atoms. The van der Waals surface area contributed by atoms with E-state index in [9.17, 15) is 14.4 Å². The number of carbonyl (C=O) groups excluding carboxylic acids is 2. The highest BCUT2D eigenvalue weighted by molar-refractivity contribution is 5.91. The molecule has 2 amide bonds. The van der Waals surface area contributed by atoms with Crippen LogP contribution in [0, 0.1) is 5.41 Å². The third-order valence-corrected chi connectivity index (χ3v) is 5.56. The first-order valence-electron chi connectivity index (χ1n) is 12.1. The molecule has 32 heavy (non-hydrogen) atoms. The number of likely N-dealkylation sites (tertiary alicyclic amines) is 1. The quantitative estimate of drug-likeness (QED) is 0.541. The number of nitrogens with one attached hydrogen (secondary N) is 1. The lowest BCUT2D eigenvalue weighted by atomic mass is 9.85. The maximum absolute atomic E-state index is 13.3. The molecule has 186 valence electrons. The van der Waals surface area contributed by atoms with Crippen molar-refractivity contribution < 1.29 is 19.5 Å². The topological polar surface area (TPSA) is 90.0 Å². The lowest BCUT2D eigenvalue weighted by molar-refractivity contribution is -0.141. The van der Waals surface area contributed by atoms with E-state index < -0.39 is 17.4 Å². The van der Waals surface area contributed by atoms with Crippen LogP contribution in [0.2, 0.25) is 0 Å². The predicted octanol–water partition coefficient (Wildman–Crippen LogP) is 4.08. The number of carboxylic acids is 1. The van der Waals surface area contributed by atoms with Gasteiger partial charge in [-0.15, -0.1) is 0 Å². The van der Waals surface area contributed by atoms with Gasteiger partial charge in [-0.25, -0.2) is 4.79 Å². The monoisotopic (exact) mass is 453 g/mol. The fourth-order valence-corrected chi connectivity index (χ4v) is 3.63. The van der Waals surface area contributed by atoms with Crippen molar-refractivity contribution in [2.75, 3.05) is 19.6 Å². The summed E-state index contributed by atoms with van der Waals surface area (Å²) < 4.78 is 0. The molecule has 0 saturated carbocycles. The Hall–Kier alpha value is -1.89. The summed E-state index contributed by atoms with van der Waals surface area (Å²) in [7, 11) is 0. The van der Waals surface area contributed by atoms with Gasteiger partial charge < -0.3 is 15.3 Å². The zero-order valence-corrected chi connectivity index (χ0v) is 21.8. The third-order valence-electron chi connectivity index (χ3n) is 5.56. The number of piperidine rings is 1. The van der Waals surface area contributed by atoms with Gasteiger partial charge in [0.15, 0.2) is 0 Å². The molecular formula is C25H47N3O4. The molecule has 1 heterocycles. The smallest absolute Gasteiger partial charge is 0.331 e. The van der Waals surface area contributed by atoms with Crippen LogP contribution < -0.4 is 5.32 Å². The Labute approximate surface area is 195 Å². The van der Waals surface area contributed by atoms with E-state index in [0.717, 1.165) is 25.8 Å². The summed E-state index contributed by atoms with van der Waals surface area (Å²) in [6, 6.07) is -0.624. The van der Waals surface area contributed by atoms with Crippen molar-refractivity contribution in [3.63, 3.8) is 0 Å². The first kappa shape index (κ1) is 30.1. The fourth-order valence-electron chi connectivity index (χ4n) is 3.63. The van der Waals surface area contributed by atoms with Gasteiger partial charge in [0.1, 0.15) is 6.04 Å². The largest absolute Gasteiger partial charge is 0.478 e. The Bertz CT molecular complexity index is 638. The minimum absolute atomic E-state index is 0.0972. The number of rotatable bonds is 8. The highest BCUT2D eigenvalue weighted by Gasteiger charge is 2.38. The molecule has 0 spiro atoms. The van der Waals surface area contributed by atoms with E-state index >= 15 is 0 Å². The molecule has 2 unspecified atom stereocenters. The van der Waals surface area contributed by atoms with Crippen LogP contribution in [0.1, 0.15) is 88.0 Å². The second-order valence-corrected chi connectivity index (χ2v) is 9.93. The van der Waals surface area contributed by atoms with E-state index in [1.165, 1.54) is 19.4 Å². The number of amides is 2. The highest BCUT2D eigenvalue weighted by atomic mass is 16.4. The molecule has 0 aliphatic carbocycles. The molecular weight excluding hydrogens is 406 g/mol. The summed E-state index contributed by atoms with van der Waals surface area (Å²) in [5.74, 6) is -1.28. The molecule has 2 atom stereocenters. The SMILES string of the molecule is CCC.CCN(C/C=C(\C)C(=O)O)C(=O)C(NC(=O)C1CCCCN1C(C)C)C(C)(C)C. The van der Waals surface area contributed by atoms with Gasteiger partial charge in [0.25, 0.3) is 0 Å².